The van der Waals surface area contributed by atoms with Crippen molar-refractivity contribution in [3.8, 4) is 0 Å². The van der Waals surface area contributed by atoms with E-state index in [1.807, 2.05) is 0 Å². The Morgan fingerprint density at radius 1 is 1.19 bits per heavy atom. The van der Waals surface area contributed by atoms with Crippen molar-refractivity contribution in [3.63, 3.8) is 0 Å². The number of hydrogen-bond donors (Lipinski definition) is 3. The van der Waals surface area contributed by atoms with Crippen molar-refractivity contribution in [2.45, 2.75) is 9.96 Å². The minimum atomic E-state index is -1.86. The maximum atomic E-state index is 12.3. The number of urea groups is 1. The first-order valence-corrected chi connectivity index (χ1v) is 9.69. The van der Waals surface area contributed by atoms with Crippen LogP contribution < -0.4 is 16.0 Å². The van der Waals surface area contributed by atoms with Gasteiger partial charge in [0, 0.05) is 18.1 Å². The molecule has 26 heavy (non-hydrogen) atoms. The molecule has 0 bridgehead atoms. The fraction of sp³-hybridized carbons (Fsp3) is 0.429. The van der Waals surface area contributed by atoms with Crippen molar-refractivity contribution in [3.05, 3.63) is 28.2 Å². The first-order chi connectivity index (χ1) is 12.2. The maximum absolute atomic E-state index is 12.3. The topological polar surface area (TPSA) is 65.6 Å². The highest BCUT2D eigenvalue weighted by molar-refractivity contribution is 7.80. The third kappa shape index (κ3) is 6.64. The second-order valence-corrected chi connectivity index (χ2v) is 8.87. The number of nitrogens with zero attached hydrogens (tertiary/aromatic N) is 1. The van der Waals surface area contributed by atoms with Crippen LogP contribution in [-0.4, -0.2) is 52.3 Å². The van der Waals surface area contributed by atoms with Crippen LogP contribution >= 0.6 is 70.2 Å². The molecule has 1 heterocycles. The second-order valence-electron chi connectivity index (χ2n) is 5.25. The standard InChI is InChI=1S/C14H15Cl5N4O2S/c15-8-1-2-9(16)10(7-8)20-12(26)21-11(14(17,18)19)22-13(24)23-3-5-25-6-4-23/h1-2,7,11H,3-6H2,(H,22,24)(H2,20,21,26)/t11-/m0/s1. The maximum Gasteiger partial charge on any atom is 0.319 e. The van der Waals surface area contributed by atoms with Crippen LogP contribution in [-0.2, 0) is 4.74 Å². The predicted octanol–water partition coefficient (Wildman–Crippen LogP) is 4.02. The van der Waals surface area contributed by atoms with E-state index in [1.54, 1.807) is 23.1 Å². The molecule has 2 rings (SSSR count). The molecule has 144 valence electrons. The molecule has 3 N–H and O–H groups in total. The van der Waals surface area contributed by atoms with E-state index in [-0.39, 0.29) is 5.11 Å². The quantitative estimate of drug-likeness (QED) is 0.347. The van der Waals surface area contributed by atoms with Gasteiger partial charge in [-0.1, -0.05) is 58.0 Å². The first-order valence-electron chi connectivity index (χ1n) is 7.39. The van der Waals surface area contributed by atoms with Gasteiger partial charge < -0.3 is 25.6 Å². The van der Waals surface area contributed by atoms with Crippen molar-refractivity contribution >= 4 is 87.1 Å². The largest absolute Gasteiger partial charge is 0.378 e. The van der Waals surface area contributed by atoms with Gasteiger partial charge in [-0.05, 0) is 30.4 Å². The Hall–Kier alpha value is -0.410. The second kappa shape index (κ2) is 9.68. The van der Waals surface area contributed by atoms with Gasteiger partial charge in [-0.15, -0.1) is 0 Å². The van der Waals surface area contributed by atoms with E-state index >= 15 is 0 Å². The number of thiocarbonyl (C=S) groups is 1. The summed E-state index contributed by atoms with van der Waals surface area (Å²) in [7, 11) is 0. The number of morpholine rings is 1. The molecule has 0 aliphatic carbocycles. The number of hydrogen-bond acceptors (Lipinski definition) is 3. The van der Waals surface area contributed by atoms with Crippen LogP contribution in [0.5, 0.6) is 0 Å². The first kappa shape index (κ1) is 21.9. The molecule has 0 radical (unpaired) electrons. The Morgan fingerprint density at radius 3 is 2.46 bits per heavy atom. The molecule has 1 fully saturated rings. The molecule has 1 aromatic rings. The number of rotatable bonds is 3. The Morgan fingerprint density at radius 2 is 1.85 bits per heavy atom. The molecule has 6 nitrogen and oxygen atoms in total. The summed E-state index contributed by atoms with van der Waals surface area (Å²) in [6.07, 6.45) is -1.08. The van der Waals surface area contributed by atoms with Gasteiger partial charge >= 0.3 is 6.03 Å². The van der Waals surface area contributed by atoms with E-state index in [9.17, 15) is 4.79 Å². The molecule has 0 unspecified atom stereocenters. The van der Waals surface area contributed by atoms with Gasteiger partial charge in [0.2, 0.25) is 3.79 Å². The average Bonchev–Trinajstić information content (AvgIpc) is 2.57. The minimum absolute atomic E-state index is 0.0905. The van der Waals surface area contributed by atoms with E-state index in [4.69, 9.17) is 75.0 Å². The van der Waals surface area contributed by atoms with Crippen molar-refractivity contribution in [2.24, 2.45) is 0 Å². The zero-order chi connectivity index (χ0) is 19.3. The van der Waals surface area contributed by atoms with Gasteiger partial charge in [-0.2, -0.15) is 0 Å². The summed E-state index contributed by atoms with van der Waals surface area (Å²) >= 11 is 35.1. The highest BCUT2D eigenvalue weighted by Crippen LogP contribution is 2.30. The number of carbonyl (C=O) groups is 1. The van der Waals surface area contributed by atoms with E-state index < -0.39 is 16.0 Å². The molecule has 0 aromatic heterocycles. The number of halogens is 5. The SMILES string of the molecule is O=C(N[C@H](NC(=S)Nc1cc(Cl)ccc1Cl)C(Cl)(Cl)Cl)N1CCOCC1. The summed E-state index contributed by atoms with van der Waals surface area (Å²) in [6, 6.07) is 4.44. The van der Waals surface area contributed by atoms with E-state index in [2.05, 4.69) is 16.0 Å². The lowest BCUT2D eigenvalue weighted by Gasteiger charge is -2.32. The number of ether oxygens (including phenoxy) is 1. The van der Waals surface area contributed by atoms with Gasteiger partial charge in [0.05, 0.1) is 23.9 Å². The van der Waals surface area contributed by atoms with Crippen LogP contribution in [0.4, 0.5) is 10.5 Å². The third-order valence-electron chi connectivity index (χ3n) is 3.35. The zero-order valence-corrected chi connectivity index (χ0v) is 17.8. The lowest BCUT2D eigenvalue weighted by molar-refractivity contribution is 0.0524. The number of benzene rings is 1. The smallest absolute Gasteiger partial charge is 0.319 e. The predicted molar refractivity (Wildman–Crippen MR) is 111 cm³/mol. The molecule has 12 heteroatoms. The number of alkyl halides is 3. The molecular weight excluding hydrogens is 466 g/mol. The molecule has 1 aliphatic rings. The number of carbonyl (C=O) groups excluding carboxylic acids is 1. The normalized spacial score (nSPS) is 16.0. The van der Waals surface area contributed by atoms with Crippen LogP contribution in [0.25, 0.3) is 0 Å². The van der Waals surface area contributed by atoms with Crippen LogP contribution in [0, 0.1) is 0 Å². The summed E-state index contributed by atoms with van der Waals surface area (Å²) in [6.45, 7) is 1.79. The lowest BCUT2D eigenvalue weighted by atomic mass is 10.3. The van der Waals surface area contributed by atoms with E-state index in [0.29, 0.717) is 42.0 Å². The monoisotopic (exact) mass is 478 g/mol. The Kier molecular flexibility index (Phi) is 8.15. The fourth-order valence-electron chi connectivity index (χ4n) is 2.06. The number of anilines is 1. The zero-order valence-electron chi connectivity index (χ0n) is 13.2. The molecule has 1 atom stereocenters. The highest BCUT2D eigenvalue weighted by Gasteiger charge is 2.36. The van der Waals surface area contributed by atoms with Crippen LogP contribution in [0.2, 0.25) is 10.0 Å². The Bertz CT molecular complexity index is 667. The van der Waals surface area contributed by atoms with Crippen LogP contribution in [0.15, 0.2) is 18.2 Å². The molecule has 2 amide bonds. The van der Waals surface area contributed by atoms with Crippen molar-refractivity contribution in [2.75, 3.05) is 31.6 Å². The third-order valence-corrected chi connectivity index (χ3v) is 4.78. The van der Waals surface area contributed by atoms with E-state index in [1.165, 1.54) is 0 Å². The molecule has 1 aromatic carbocycles. The van der Waals surface area contributed by atoms with Gasteiger partial charge in [0.15, 0.2) is 11.3 Å². The van der Waals surface area contributed by atoms with Crippen LogP contribution in [0.3, 0.4) is 0 Å². The van der Waals surface area contributed by atoms with Gasteiger partial charge in [0.25, 0.3) is 0 Å². The van der Waals surface area contributed by atoms with Gasteiger partial charge in [-0.25, -0.2) is 4.79 Å². The number of nitrogens with one attached hydrogen (secondary N) is 3. The molecule has 1 saturated heterocycles. The number of amides is 2. The molecule has 0 spiro atoms. The van der Waals surface area contributed by atoms with E-state index in [0.717, 1.165) is 0 Å². The van der Waals surface area contributed by atoms with Crippen molar-refractivity contribution < 1.29 is 9.53 Å². The summed E-state index contributed by atoms with van der Waals surface area (Å²) in [5.74, 6) is 0. The van der Waals surface area contributed by atoms with Gasteiger partial charge in [0.1, 0.15) is 0 Å². The van der Waals surface area contributed by atoms with Crippen molar-refractivity contribution in [1.82, 2.24) is 15.5 Å². The summed E-state index contributed by atoms with van der Waals surface area (Å²) < 4.78 is 3.35. The summed E-state index contributed by atoms with van der Waals surface area (Å²) in [5.41, 5.74) is 0.472. The average molecular weight is 481 g/mol. The Balaban J connectivity index is 2.01. The van der Waals surface area contributed by atoms with Crippen LogP contribution in [0.1, 0.15) is 0 Å². The lowest BCUT2D eigenvalue weighted by Crippen LogP contribution is -2.59. The summed E-state index contributed by atoms with van der Waals surface area (Å²) in [5, 5.41) is 9.18. The highest BCUT2D eigenvalue weighted by atomic mass is 35.6. The van der Waals surface area contributed by atoms with Gasteiger partial charge in [-0.3, -0.25) is 0 Å². The summed E-state index contributed by atoms with van der Waals surface area (Å²) in [4.78, 5) is 13.9. The molecule has 0 saturated carbocycles. The molecule has 1 aliphatic heterocycles. The fourth-order valence-corrected chi connectivity index (χ4v) is 2.96. The Labute approximate surface area is 181 Å². The molecular formula is C14H15Cl5N4O2S. The minimum Gasteiger partial charge on any atom is -0.378 e. The van der Waals surface area contributed by atoms with Crippen molar-refractivity contribution in [1.29, 1.82) is 0 Å².